The summed E-state index contributed by atoms with van der Waals surface area (Å²) in [7, 11) is -4.07. The average molecular weight is 462 g/mol. The van der Waals surface area contributed by atoms with Crippen LogP contribution in [0.1, 0.15) is 18.4 Å². The smallest absolute Gasteiger partial charge is 0.325 e. The summed E-state index contributed by atoms with van der Waals surface area (Å²) in [6.07, 6.45) is 1.72. The van der Waals surface area contributed by atoms with Gasteiger partial charge in [-0.15, -0.1) is 11.3 Å². The number of hydrogen-bond donors (Lipinski definition) is 2. The third-order valence-corrected chi connectivity index (χ3v) is 9.02. The molecule has 1 saturated carbocycles. The first-order valence-electron chi connectivity index (χ1n) is 9.13. The molecule has 4 aromatic rings. The van der Waals surface area contributed by atoms with Gasteiger partial charge in [-0.3, -0.25) is 9.20 Å². The highest BCUT2D eigenvalue weighted by Gasteiger charge is 2.70. The van der Waals surface area contributed by atoms with Crippen LogP contribution in [0.2, 0.25) is 5.02 Å². The van der Waals surface area contributed by atoms with Crippen molar-refractivity contribution in [3.05, 3.63) is 65.3 Å². The second-order valence-electron chi connectivity index (χ2n) is 7.40. The zero-order chi connectivity index (χ0) is 21.3. The van der Waals surface area contributed by atoms with Crippen LogP contribution in [0, 0.1) is 5.92 Å². The molecule has 0 unspecified atom stereocenters. The Labute approximate surface area is 181 Å². The molecule has 0 aliphatic heterocycles. The lowest BCUT2D eigenvalue weighted by Crippen LogP contribution is -2.45. The Morgan fingerprint density at radius 3 is 2.70 bits per heavy atom. The van der Waals surface area contributed by atoms with Crippen LogP contribution in [0.15, 0.2) is 58.9 Å². The molecule has 10 heteroatoms. The number of rotatable bonds is 5. The van der Waals surface area contributed by atoms with Crippen LogP contribution in [0.4, 0.5) is 0 Å². The largest absolute Gasteiger partial charge is 0.480 e. The standard InChI is InChI=1S/C20H16ClN3O4S2/c1-11-17(12-5-3-2-4-6-12)20(11,19(25)26)23-30(27,28)16-10-14-18(29-16)24-8-7-13(21)9-15(24)22-14/h2-11,17,23H,1H3,(H,25,26)/t11-,17-,20+/m1/s1. The second-order valence-corrected chi connectivity index (χ2v) is 10.8. The summed E-state index contributed by atoms with van der Waals surface area (Å²) in [6.45, 7) is 1.74. The minimum absolute atomic E-state index is 0.0240. The lowest BCUT2D eigenvalue weighted by molar-refractivity contribution is -0.140. The number of carboxylic acids is 1. The van der Waals surface area contributed by atoms with Gasteiger partial charge >= 0.3 is 5.97 Å². The van der Waals surface area contributed by atoms with E-state index in [1.54, 1.807) is 29.7 Å². The molecule has 1 aromatic carbocycles. The van der Waals surface area contributed by atoms with Gasteiger partial charge in [0.1, 0.15) is 25.7 Å². The van der Waals surface area contributed by atoms with Crippen molar-refractivity contribution in [3.8, 4) is 0 Å². The van der Waals surface area contributed by atoms with Crippen LogP contribution >= 0.6 is 22.9 Å². The van der Waals surface area contributed by atoms with Crippen molar-refractivity contribution in [2.24, 2.45) is 5.92 Å². The molecule has 3 atom stereocenters. The molecule has 0 spiro atoms. The lowest BCUT2D eigenvalue weighted by atomic mass is 10.1. The Hall–Kier alpha value is -2.46. The maximum Gasteiger partial charge on any atom is 0.325 e. The van der Waals surface area contributed by atoms with Gasteiger partial charge in [0.2, 0.25) is 0 Å². The number of imidazole rings is 1. The monoisotopic (exact) mass is 461 g/mol. The molecule has 0 radical (unpaired) electrons. The molecule has 2 N–H and O–H groups in total. The van der Waals surface area contributed by atoms with Crippen molar-refractivity contribution in [1.29, 1.82) is 0 Å². The number of halogens is 1. The molecule has 1 aliphatic rings. The van der Waals surface area contributed by atoms with E-state index in [-0.39, 0.29) is 10.1 Å². The van der Waals surface area contributed by atoms with Gasteiger partial charge in [-0.2, -0.15) is 4.72 Å². The number of thiophene rings is 1. The number of benzene rings is 1. The molecule has 1 aliphatic carbocycles. The first-order chi connectivity index (χ1) is 14.2. The van der Waals surface area contributed by atoms with E-state index in [9.17, 15) is 18.3 Å². The topological polar surface area (TPSA) is 101 Å². The first kappa shape index (κ1) is 19.5. The van der Waals surface area contributed by atoms with Crippen molar-refractivity contribution >= 4 is 54.9 Å². The Kier molecular flexibility index (Phi) is 4.24. The number of carboxylic acid groups (broad SMARTS) is 1. The molecule has 30 heavy (non-hydrogen) atoms. The highest BCUT2D eigenvalue weighted by Crippen LogP contribution is 2.58. The van der Waals surface area contributed by atoms with Gasteiger partial charge in [-0.1, -0.05) is 48.9 Å². The maximum atomic E-state index is 13.2. The van der Waals surface area contributed by atoms with Crippen molar-refractivity contribution in [1.82, 2.24) is 14.1 Å². The van der Waals surface area contributed by atoms with Crippen LogP contribution in [0.25, 0.3) is 16.0 Å². The number of hydrogen-bond acceptors (Lipinski definition) is 5. The van der Waals surface area contributed by atoms with Gasteiger partial charge < -0.3 is 5.11 Å². The third-order valence-electron chi connectivity index (χ3n) is 5.70. The van der Waals surface area contributed by atoms with Gasteiger partial charge in [0, 0.05) is 23.2 Å². The summed E-state index contributed by atoms with van der Waals surface area (Å²) < 4.78 is 30.6. The number of pyridine rings is 1. The minimum atomic E-state index is -4.07. The van der Waals surface area contributed by atoms with E-state index in [4.69, 9.17) is 11.6 Å². The molecule has 0 amide bonds. The first-order valence-corrected chi connectivity index (χ1v) is 11.8. The number of aromatic nitrogens is 2. The number of sulfonamides is 1. The van der Waals surface area contributed by atoms with E-state index in [0.717, 1.165) is 16.9 Å². The number of nitrogens with one attached hydrogen (secondary N) is 1. The van der Waals surface area contributed by atoms with E-state index in [0.29, 0.717) is 21.0 Å². The number of fused-ring (bicyclic) bond motifs is 3. The molecule has 0 bridgehead atoms. The molecular formula is C20H16ClN3O4S2. The molecule has 0 saturated heterocycles. The van der Waals surface area contributed by atoms with E-state index >= 15 is 0 Å². The SMILES string of the molecule is C[C@@H]1[C@H](c2ccccc2)[C@]1(NS(=O)(=O)c1cc2nc3cc(Cl)ccn3c2s1)C(=O)O. The molecular weight excluding hydrogens is 446 g/mol. The van der Waals surface area contributed by atoms with Crippen molar-refractivity contribution in [2.75, 3.05) is 0 Å². The maximum absolute atomic E-state index is 13.2. The second kappa shape index (κ2) is 6.52. The lowest BCUT2D eigenvalue weighted by Gasteiger charge is -2.15. The van der Waals surface area contributed by atoms with E-state index in [2.05, 4.69) is 9.71 Å². The highest BCUT2D eigenvalue weighted by molar-refractivity contribution is 7.91. The summed E-state index contributed by atoms with van der Waals surface area (Å²) in [5.41, 5.74) is 0.336. The quantitative estimate of drug-likeness (QED) is 0.471. The van der Waals surface area contributed by atoms with Crippen LogP contribution in [-0.4, -0.2) is 34.4 Å². The van der Waals surface area contributed by atoms with E-state index in [1.165, 1.54) is 6.07 Å². The zero-order valence-electron chi connectivity index (χ0n) is 15.6. The number of nitrogens with zero attached hydrogens (tertiary/aromatic N) is 2. The fraction of sp³-hybridized carbons (Fsp3) is 0.200. The van der Waals surface area contributed by atoms with E-state index in [1.807, 2.05) is 30.3 Å². The molecule has 154 valence electrons. The van der Waals surface area contributed by atoms with Crippen LogP contribution < -0.4 is 4.72 Å². The summed E-state index contributed by atoms with van der Waals surface area (Å²) in [6, 6.07) is 13.9. The highest BCUT2D eigenvalue weighted by atomic mass is 35.5. The fourth-order valence-electron chi connectivity index (χ4n) is 4.15. The summed E-state index contributed by atoms with van der Waals surface area (Å²) in [5.74, 6) is -2.02. The van der Waals surface area contributed by atoms with Crippen molar-refractivity contribution in [2.45, 2.75) is 22.6 Å². The Morgan fingerprint density at radius 1 is 1.27 bits per heavy atom. The third kappa shape index (κ3) is 2.77. The minimum Gasteiger partial charge on any atom is -0.480 e. The summed E-state index contributed by atoms with van der Waals surface area (Å²) in [4.78, 5) is 17.2. The van der Waals surface area contributed by atoms with Crippen LogP contribution in [-0.2, 0) is 14.8 Å². The predicted octanol–water partition coefficient (Wildman–Crippen LogP) is 3.74. The average Bonchev–Trinajstić information content (AvgIpc) is 2.99. The predicted molar refractivity (Wildman–Crippen MR) is 115 cm³/mol. The van der Waals surface area contributed by atoms with Crippen molar-refractivity contribution in [3.63, 3.8) is 0 Å². The van der Waals surface area contributed by atoms with Gasteiger partial charge in [-0.25, -0.2) is 13.4 Å². The molecule has 3 aromatic heterocycles. The fourth-order valence-corrected chi connectivity index (χ4v) is 7.14. The van der Waals surface area contributed by atoms with Gasteiger partial charge in [0.25, 0.3) is 10.0 Å². The van der Waals surface area contributed by atoms with Crippen LogP contribution in [0.5, 0.6) is 0 Å². The number of carbonyl (C=O) groups is 1. The number of aliphatic carboxylic acids is 1. The van der Waals surface area contributed by atoms with Gasteiger partial charge in [0.05, 0.1) is 0 Å². The Bertz CT molecular complexity index is 1410. The van der Waals surface area contributed by atoms with Gasteiger partial charge in [-0.05, 0) is 23.6 Å². The van der Waals surface area contributed by atoms with Crippen molar-refractivity contribution < 1.29 is 18.3 Å². The Balaban J connectivity index is 1.54. The van der Waals surface area contributed by atoms with Crippen LogP contribution in [0.3, 0.4) is 0 Å². The molecule has 3 heterocycles. The Morgan fingerprint density at radius 2 is 2.00 bits per heavy atom. The van der Waals surface area contributed by atoms with Gasteiger partial charge in [0.15, 0.2) is 0 Å². The summed E-state index contributed by atoms with van der Waals surface area (Å²) >= 11 is 7.03. The zero-order valence-corrected chi connectivity index (χ0v) is 18.0. The summed E-state index contributed by atoms with van der Waals surface area (Å²) in [5, 5.41) is 10.5. The molecule has 1 fully saturated rings. The van der Waals surface area contributed by atoms with E-state index < -0.39 is 27.4 Å². The molecule has 5 rings (SSSR count). The molecule has 7 nitrogen and oxygen atoms in total. The normalized spacial score (nSPS) is 23.8.